The highest BCUT2D eigenvalue weighted by molar-refractivity contribution is 5.83. The number of carbonyl (C=O) groups is 1. The number of nitrogens with one attached hydrogen (secondary N) is 1. The van der Waals surface area contributed by atoms with Gasteiger partial charge in [0.1, 0.15) is 0 Å². The second kappa shape index (κ2) is 4.36. The van der Waals surface area contributed by atoms with E-state index in [4.69, 9.17) is 5.11 Å². The summed E-state index contributed by atoms with van der Waals surface area (Å²) in [5.74, 6) is 1.87. The number of fused-ring (bicyclic) bond motifs is 1. The summed E-state index contributed by atoms with van der Waals surface area (Å²) in [4.78, 5) is 12.1. The number of amides is 1. The van der Waals surface area contributed by atoms with Gasteiger partial charge in [-0.15, -0.1) is 0 Å². The number of rotatable bonds is 5. The Balaban J connectivity index is 1.87. The van der Waals surface area contributed by atoms with E-state index in [1.54, 1.807) is 0 Å². The maximum atomic E-state index is 12.1. The SMILES string of the molecule is CCC(C)(CCO)NC(=O)C1C2CCCC21. The maximum absolute atomic E-state index is 12.1. The molecule has 0 spiro atoms. The van der Waals surface area contributed by atoms with Crippen LogP contribution in [-0.4, -0.2) is 23.2 Å². The van der Waals surface area contributed by atoms with Gasteiger partial charge in [-0.25, -0.2) is 0 Å². The maximum Gasteiger partial charge on any atom is 0.224 e. The van der Waals surface area contributed by atoms with Crippen molar-refractivity contribution in [2.45, 2.75) is 51.5 Å². The molecule has 0 radical (unpaired) electrons. The Hall–Kier alpha value is -0.570. The molecule has 3 nitrogen and oxygen atoms in total. The van der Waals surface area contributed by atoms with Crippen molar-refractivity contribution < 1.29 is 9.90 Å². The molecule has 0 aromatic carbocycles. The van der Waals surface area contributed by atoms with Crippen molar-refractivity contribution in [2.75, 3.05) is 6.61 Å². The average molecular weight is 225 g/mol. The molecule has 16 heavy (non-hydrogen) atoms. The second-order valence-electron chi connectivity index (χ2n) is 5.66. The third kappa shape index (κ3) is 2.10. The van der Waals surface area contributed by atoms with Gasteiger partial charge >= 0.3 is 0 Å². The van der Waals surface area contributed by atoms with Crippen LogP contribution in [0.1, 0.15) is 46.0 Å². The molecule has 3 unspecified atom stereocenters. The molecule has 2 saturated carbocycles. The summed E-state index contributed by atoms with van der Waals surface area (Å²) in [6, 6.07) is 0. The van der Waals surface area contributed by atoms with E-state index in [0.29, 0.717) is 24.2 Å². The molecule has 0 saturated heterocycles. The lowest BCUT2D eigenvalue weighted by Gasteiger charge is -2.29. The highest BCUT2D eigenvalue weighted by Crippen LogP contribution is 2.57. The number of carbonyl (C=O) groups excluding carboxylic acids is 1. The van der Waals surface area contributed by atoms with Crippen LogP contribution >= 0.6 is 0 Å². The van der Waals surface area contributed by atoms with Gasteiger partial charge in [0.2, 0.25) is 5.91 Å². The quantitative estimate of drug-likeness (QED) is 0.748. The van der Waals surface area contributed by atoms with Gasteiger partial charge in [0.05, 0.1) is 0 Å². The molecule has 0 aromatic rings. The fourth-order valence-corrected chi connectivity index (χ4v) is 3.17. The monoisotopic (exact) mass is 225 g/mol. The van der Waals surface area contributed by atoms with E-state index in [1.807, 2.05) is 6.92 Å². The second-order valence-corrected chi connectivity index (χ2v) is 5.66. The third-order valence-electron chi connectivity index (χ3n) is 4.58. The Labute approximate surface area is 97.6 Å². The summed E-state index contributed by atoms with van der Waals surface area (Å²) in [6.45, 7) is 4.23. The molecule has 2 aliphatic carbocycles. The predicted octanol–water partition coefficient (Wildman–Crippen LogP) is 1.70. The van der Waals surface area contributed by atoms with Crippen LogP contribution in [0, 0.1) is 17.8 Å². The fraction of sp³-hybridized carbons (Fsp3) is 0.923. The number of hydrogen-bond donors (Lipinski definition) is 2. The molecule has 2 aliphatic rings. The minimum Gasteiger partial charge on any atom is -0.396 e. The first-order valence-electron chi connectivity index (χ1n) is 6.54. The summed E-state index contributed by atoms with van der Waals surface area (Å²) >= 11 is 0. The smallest absolute Gasteiger partial charge is 0.224 e. The average Bonchev–Trinajstić information content (AvgIpc) is 2.74. The van der Waals surface area contributed by atoms with Crippen LogP contribution < -0.4 is 5.32 Å². The van der Waals surface area contributed by atoms with E-state index in [9.17, 15) is 4.79 Å². The molecule has 2 fully saturated rings. The van der Waals surface area contributed by atoms with Crippen LogP contribution in [0.4, 0.5) is 0 Å². The Kier molecular flexibility index (Phi) is 3.24. The molecular formula is C13H23NO2. The highest BCUT2D eigenvalue weighted by Gasteiger charge is 2.56. The van der Waals surface area contributed by atoms with E-state index in [1.165, 1.54) is 19.3 Å². The van der Waals surface area contributed by atoms with Gasteiger partial charge < -0.3 is 10.4 Å². The summed E-state index contributed by atoms with van der Waals surface area (Å²) in [5.41, 5.74) is -0.220. The van der Waals surface area contributed by atoms with E-state index in [-0.39, 0.29) is 18.1 Å². The summed E-state index contributed by atoms with van der Waals surface area (Å²) in [5, 5.41) is 12.1. The van der Waals surface area contributed by atoms with Gasteiger partial charge in [0, 0.05) is 18.1 Å². The van der Waals surface area contributed by atoms with Crippen LogP contribution in [0.3, 0.4) is 0 Å². The summed E-state index contributed by atoms with van der Waals surface area (Å²) in [7, 11) is 0. The molecule has 3 heteroatoms. The molecule has 92 valence electrons. The van der Waals surface area contributed by atoms with Crippen molar-refractivity contribution in [2.24, 2.45) is 17.8 Å². The normalized spacial score (nSPS) is 35.3. The van der Waals surface area contributed by atoms with Crippen molar-refractivity contribution in [3.63, 3.8) is 0 Å². The number of aliphatic hydroxyl groups is 1. The van der Waals surface area contributed by atoms with Crippen LogP contribution in [0.25, 0.3) is 0 Å². The van der Waals surface area contributed by atoms with Crippen molar-refractivity contribution in [3.8, 4) is 0 Å². The Morgan fingerprint density at radius 1 is 1.44 bits per heavy atom. The van der Waals surface area contributed by atoms with E-state index in [2.05, 4.69) is 12.2 Å². The van der Waals surface area contributed by atoms with E-state index < -0.39 is 0 Å². The Bertz CT molecular complexity index is 269. The van der Waals surface area contributed by atoms with E-state index >= 15 is 0 Å². The lowest BCUT2D eigenvalue weighted by molar-refractivity contribution is -0.125. The molecule has 1 amide bonds. The molecule has 3 atom stereocenters. The zero-order valence-corrected chi connectivity index (χ0v) is 10.3. The van der Waals surface area contributed by atoms with Crippen molar-refractivity contribution in [3.05, 3.63) is 0 Å². The molecule has 0 aliphatic heterocycles. The Morgan fingerprint density at radius 3 is 2.56 bits per heavy atom. The van der Waals surface area contributed by atoms with Gasteiger partial charge in [0.25, 0.3) is 0 Å². The summed E-state index contributed by atoms with van der Waals surface area (Å²) < 4.78 is 0. The predicted molar refractivity (Wildman–Crippen MR) is 62.9 cm³/mol. The lowest BCUT2D eigenvalue weighted by Crippen LogP contribution is -2.47. The van der Waals surface area contributed by atoms with Gasteiger partial charge in [-0.1, -0.05) is 13.3 Å². The van der Waals surface area contributed by atoms with Crippen LogP contribution in [-0.2, 0) is 4.79 Å². The van der Waals surface area contributed by atoms with Crippen molar-refractivity contribution in [1.82, 2.24) is 5.32 Å². The Morgan fingerprint density at radius 2 is 2.06 bits per heavy atom. The minimum absolute atomic E-state index is 0.141. The zero-order chi connectivity index (χ0) is 11.8. The highest BCUT2D eigenvalue weighted by atomic mass is 16.3. The number of hydrogen-bond acceptors (Lipinski definition) is 2. The fourth-order valence-electron chi connectivity index (χ4n) is 3.17. The minimum atomic E-state index is -0.220. The van der Waals surface area contributed by atoms with Gasteiger partial charge in [-0.05, 0) is 44.4 Å². The van der Waals surface area contributed by atoms with Crippen molar-refractivity contribution in [1.29, 1.82) is 0 Å². The third-order valence-corrected chi connectivity index (χ3v) is 4.58. The van der Waals surface area contributed by atoms with Crippen LogP contribution in [0.15, 0.2) is 0 Å². The summed E-state index contributed by atoms with van der Waals surface area (Å²) in [6.07, 6.45) is 5.32. The molecule has 0 bridgehead atoms. The molecular weight excluding hydrogens is 202 g/mol. The van der Waals surface area contributed by atoms with Gasteiger partial charge in [-0.3, -0.25) is 4.79 Å². The topological polar surface area (TPSA) is 49.3 Å². The lowest BCUT2D eigenvalue weighted by atomic mass is 9.94. The van der Waals surface area contributed by atoms with Crippen LogP contribution in [0.2, 0.25) is 0 Å². The van der Waals surface area contributed by atoms with Crippen molar-refractivity contribution >= 4 is 5.91 Å². The first-order valence-corrected chi connectivity index (χ1v) is 6.54. The molecule has 0 aromatic heterocycles. The molecule has 2 N–H and O–H groups in total. The first-order chi connectivity index (χ1) is 7.61. The molecule has 2 rings (SSSR count). The van der Waals surface area contributed by atoms with E-state index in [0.717, 1.165) is 6.42 Å². The van der Waals surface area contributed by atoms with Gasteiger partial charge in [-0.2, -0.15) is 0 Å². The first kappa shape index (κ1) is 11.9. The standard InChI is InChI=1S/C13H23NO2/c1-3-13(2,7-8-15)14-12(16)11-9-5-4-6-10(9)11/h9-11,15H,3-8H2,1-2H3,(H,14,16). The van der Waals surface area contributed by atoms with Crippen LogP contribution in [0.5, 0.6) is 0 Å². The zero-order valence-electron chi connectivity index (χ0n) is 10.3. The van der Waals surface area contributed by atoms with Gasteiger partial charge in [0.15, 0.2) is 0 Å². The largest absolute Gasteiger partial charge is 0.396 e. The number of aliphatic hydroxyl groups excluding tert-OH is 1. The molecule has 0 heterocycles.